The van der Waals surface area contributed by atoms with Crippen LogP contribution >= 0.6 is 12.6 Å². The molecule has 3 nitrogen and oxygen atoms in total. The van der Waals surface area contributed by atoms with Crippen molar-refractivity contribution in [3.63, 3.8) is 0 Å². The van der Waals surface area contributed by atoms with E-state index in [9.17, 15) is 0 Å². The van der Waals surface area contributed by atoms with Crippen LogP contribution in [-0.4, -0.2) is 45.9 Å². The summed E-state index contributed by atoms with van der Waals surface area (Å²) in [7, 11) is 1.71. The van der Waals surface area contributed by atoms with E-state index < -0.39 is 0 Å². The predicted octanol–water partition coefficient (Wildman–Crippen LogP) is 2.94. The summed E-state index contributed by atoms with van der Waals surface area (Å²) in [5.41, 5.74) is 0.331. The molecule has 0 radical (unpaired) electrons. The van der Waals surface area contributed by atoms with E-state index in [-0.39, 0.29) is 0 Å². The lowest BCUT2D eigenvalue weighted by Crippen LogP contribution is -2.32. The molecule has 0 saturated heterocycles. The molecule has 0 spiro atoms. The van der Waals surface area contributed by atoms with Gasteiger partial charge in [0.2, 0.25) is 0 Å². The van der Waals surface area contributed by atoms with Crippen molar-refractivity contribution in [3.05, 3.63) is 0 Å². The number of hydrogen-bond acceptors (Lipinski definition) is 4. The Morgan fingerprint density at radius 3 is 2.33 bits per heavy atom. The van der Waals surface area contributed by atoms with Gasteiger partial charge in [0.05, 0.1) is 19.8 Å². The van der Waals surface area contributed by atoms with E-state index in [2.05, 4.69) is 12.6 Å². The van der Waals surface area contributed by atoms with Crippen LogP contribution in [-0.2, 0) is 14.2 Å². The van der Waals surface area contributed by atoms with Crippen molar-refractivity contribution < 1.29 is 14.2 Å². The number of thiol groups is 1. The third-order valence-electron chi connectivity index (χ3n) is 3.67. The zero-order chi connectivity index (χ0) is 13.1. The molecule has 1 aliphatic carbocycles. The van der Waals surface area contributed by atoms with Crippen LogP contribution in [0.1, 0.15) is 38.5 Å². The maximum absolute atomic E-state index is 5.77. The monoisotopic (exact) mass is 276 g/mol. The normalized spacial score (nSPS) is 19.0. The summed E-state index contributed by atoms with van der Waals surface area (Å²) in [6, 6.07) is 0. The highest BCUT2D eigenvalue weighted by atomic mass is 32.1. The average molecular weight is 276 g/mol. The lowest BCUT2D eigenvalue weighted by Gasteiger charge is -2.35. The van der Waals surface area contributed by atoms with Crippen molar-refractivity contribution in [2.45, 2.75) is 38.5 Å². The molecule has 1 aliphatic rings. The fourth-order valence-corrected chi connectivity index (χ4v) is 2.87. The highest BCUT2D eigenvalue weighted by molar-refractivity contribution is 7.80. The fourth-order valence-electron chi connectivity index (χ4n) is 2.46. The van der Waals surface area contributed by atoms with Crippen molar-refractivity contribution in [2.75, 3.05) is 45.9 Å². The highest BCUT2D eigenvalue weighted by Gasteiger charge is 2.30. The smallest absolute Gasteiger partial charge is 0.0700 e. The first kappa shape index (κ1) is 16.3. The lowest BCUT2D eigenvalue weighted by atomic mass is 9.76. The predicted molar refractivity (Wildman–Crippen MR) is 77.5 cm³/mol. The first-order valence-corrected chi connectivity index (χ1v) is 7.71. The SMILES string of the molecule is COCCCOCCOCC1(CS)CCCCC1. The average Bonchev–Trinajstić information content (AvgIpc) is 2.43. The summed E-state index contributed by atoms with van der Waals surface area (Å²) >= 11 is 4.51. The topological polar surface area (TPSA) is 27.7 Å². The summed E-state index contributed by atoms with van der Waals surface area (Å²) < 4.78 is 16.2. The Hall–Kier alpha value is 0.230. The second-order valence-corrected chi connectivity index (χ2v) is 5.55. The van der Waals surface area contributed by atoms with Gasteiger partial charge in [0.25, 0.3) is 0 Å². The van der Waals surface area contributed by atoms with Crippen molar-refractivity contribution >= 4 is 12.6 Å². The molecule has 0 aromatic heterocycles. The van der Waals surface area contributed by atoms with E-state index in [4.69, 9.17) is 14.2 Å². The molecule has 0 aromatic carbocycles. The van der Waals surface area contributed by atoms with Crippen LogP contribution < -0.4 is 0 Å². The first-order valence-electron chi connectivity index (χ1n) is 7.08. The summed E-state index contributed by atoms with van der Waals surface area (Å²) in [6.45, 7) is 3.76. The van der Waals surface area contributed by atoms with Gasteiger partial charge in [-0.05, 0) is 25.0 Å². The summed E-state index contributed by atoms with van der Waals surface area (Å²) in [6.07, 6.45) is 7.53. The third kappa shape index (κ3) is 6.41. The Labute approximate surface area is 117 Å². The van der Waals surface area contributed by atoms with Crippen LogP contribution in [0.15, 0.2) is 0 Å². The molecule has 1 fully saturated rings. The van der Waals surface area contributed by atoms with E-state index in [1.807, 2.05) is 0 Å². The van der Waals surface area contributed by atoms with E-state index in [1.54, 1.807) is 7.11 Å². The Morgan fingerprint density at radius 2 is 1.67 bits per heavy atom. The van der Waals surface area contributed by atoms with Crippen molar-refractivity contribution in [3.8, 4) is 0 Å². The number of hydrogen-bond donors (Lipinski definition) is 1. The van der Waals surface area contributed by atoms with Crippen molar-refractivity contribution in [1.82, 2.24) is 0 Å². The maximum atomic E-state index is 5.77. The minimum absolute atomic E-state index is 0.331. The Bertz CT molecular complexity index is 193. The molecule has 1 saturated carbocycles. The number of ether oxygens (including phenoxy) is 3. The lowest BCUT2D eigenvalue weighted by molar-refractivity contribution is -0.00285. The molecule has 0 N–H and O–H groups in total. The van der Waals surface area contributed by atoms with Crippen molar-refractivity contribution in [2.24, 2.45) is 5.41 Å². The minimum Gasteiger partial charge on any atom is -0.385 e. The van der Waals surface area contributed by atoms with Gasteiger partial charge in [-0.1, -0.05) is 19.3 Å². The van der Waals surface area contributed by atoms with Crippen molar-refractivity contribution in [1.29, 1.82) is 0 Å². The molecule has 1 rings (SSSR count). The second kappa shape index (κ2) is 10.1. The fraction of sp³-hybridized carbons (Fsp3) is 1.00. The molecule has 0 amide bonds. The molecule has 0 atom stereocenters. The zero-order valence-corrected chi connectivity index (χ0v) is 12.6. The van der Waals surface area contributed by atoms with Gasteiger partial charge in [-0.15, -0.1) is 0 Å². The molecular formula is C14H28O3S. The second-order valence-electron chi connectivity index (χ2n) is 5.23. The van der Waals surface area contributed by atoms with Gasteiger partial charge in [0, 0.05) is 25.7 Å². The van der Waals surface area contributed by atoms with Crippen LogP contribution in [0.2, 0.25) is 0 Å². The molecule has 18 heavy (non-hydrogen) atoms. The molecule has 0 unspecified atom stereocenters. The Kier molecular flexibility index (Phi) is 9.11. The van der Waals surface area contributed by atoms with Gasteiger partial charge in [0.15, 0.2) is 0 Å². The van der Waals surface area contributed by atoms with Crippen LogP contribution in [0.5, 0.6) is 0 Å². The van der Waals surface area contributed by atoms with Gasteiger partial charge < -0.3 is 14.2 Å². The zero-order valence-electron chi connectivity index (χ0n) is 11.7. The molecule has 0 heterocycles. The van der Waals surface area contributed by atoms with E-state index in [0.717, 1.165) is 32.0 Å². The third-order valence-corrected chi connectivity index (χ3v) is 4.34. The number of methoxy groups -OCH3 is 1. The van der Waals surface area contributed by atoms with E-state index in [1.165, 1.54) is 32.1 Å². The molecule has 4 heteroatoms. The summed E-state index contributed by atoms with van der Waals surface area (Å²) in [5.74, 6) is 0.946. The molecule has 0 aliphatic heterocycles. The van der Waals surface area contributed by atoms with Gasteiger partial charge in [-0.3, -0.25) is 0 Å². The molecular weight excluding hydrogens is 248 g/mol. The Balaban J connectivity index is 1.98. The Morgan fingerprint density at radius 1 is 0.944 bits per heavy atom. The summed E-state index contributed by atoms with van der Waals surface area (Å²) in [5, 5.41) is 0. The van der Waals surface area contributed by atoms with Crippen LogP contribution in [0, 0.1) is 5.41 Å². The van der Waals surface area contributed by atoms with Crippen LogP contribution in [0.4, 0.5) is 0 Å². The van der Waals surface area contributed by atoms with Gasteiger partial charge in [-0.2, -0.15) is 12.6 Å². The van der Waals surface area contributed by atoms with E-state index >= 15 is 0 Å². The van der Waals surface area contributed by atoms with Crippen LogP contribution in [0.25, 0.3) is 0 Å². The quantitative estimate of drug-likeness (QED) is 0.491. The maximum Gasteiger partial charge on any atom is 0.0700 e. The van der Waals surface area contributed by atoms with Crippen LogP contribution in [0.3, 0.4) is 0 Å². The van der Waals surface area contributed by atoms with Gasteiger partial charge >= 0.3 is 0 Å². The summed E-state index contributed by atoms with van der Waals surface area (Å²) in [4.78, 5) is 0. The standard InChI is InChI=1S/C14H28O3S/c1-15-8-5-9-16-10-11-17-12-14(13-18)6-3-2-4-7-14/h18H,2-13H2,1H3. The minimum atomic E-state index is 0.331. The highest BCUT2D eigenvalue weighted by Crippen LogP contribution is 2.37. The first-order chi connectivity index (χ1) is 8.83. The van der Waals surface area contributed by atoms with Gasteiger partial charge in [0.1, 0.15) is 0 Å². The molecule has 108 valence electrons. The van der Waals surface area contributed by atoms with Gasteiger partial charge in [-0.25, -0.2) is 0 Å². The van der Waals surface area contributed by atoms with E-state index in [0.29, 0.717) is 18.6 Å². The molecule has 0 bridgehead atoms. The largest absolute Gasteiger partial charge is 0.385 e. The number of rotatable bonds is 10. The molecule has 0 aromatic rings.